The lowest BCUT2D eigenvalue weighted by Crippen LogP contribution is -2.46. The molecule has 4 rings (SSSR count). The van der Waals surface area contributed by atoms with Gasteiger partial charge in [0.2, 0.25) is 0 Å². The predicted octanol–water partition coefficient (Wildman–Crippen LogP) is 4.45. The van der Waals surface area contributed by atoms with E-state index in [2.05, 4.69) is 5.32 Å². The van der Waals surface area contributed by atoms with Crippen LogP contribution in [0, 0.1) is 6.92 Å². The van der Waals surface area contributed by atoms with Crippen LogP contribution in [0.3, 0.4) is 0 Å². The second-order valence-corrected chi connectivity index (χ2v) is 7.75. The summed E-state index contributed by atoms with van der Waals surface area (Å²) < 4.78 is 16.9. The van der Waals surface area contributed by atoms with E-state index in [0.29, 0.717) is 41.6 Å². The number of carbonyl (C=O) groups is 2. The van der Waals surface area contributed by atoms with Crippen molar-refractivity contribution in [1.82, 2.24) is 0 Å². The van der Waals surface area contributed by atoms with E-state index in [0.717, 1.165) is 11.3 Å². The molecule has 0 radical (unpaired) electrons. The van der Waals surface area contributed by atoms with Crippen molar-refractivity contribution in [3.8, 4) is 17.2 Å². The number of aryl methyl sites for hydroxylation is 1. The predicted molar refractivity (Wildman–Crippen MR) is 127 cm³/mol. The SMILES string of the molecule is COc1ccccc1C(=O)Nc1ccc2c(c1)N(CCOc1ccc(C)cc1)C(=O)C(C)O2. The molecule has 2 amide bonds. The molecule has 0 bridgehead atoms. The molecule has 3 aromatic carbocycles. The van der Waals surface area contributed by atoms with Crippen LogP contribution in [0.15, 0.2) is 66.7 Å². The summed E-state index contributed by atoms with van der Waals surface area (Å²) in [7, 11) is 1.52. The molecule has 1 atom stereocenters. The molecule has 0 saturated carbocycles. The van der Waals surface area contributed by atoms with Crippen LogP contribution in [0.2, 0.25) is 0 Å². The zero-order valence-corrected chi connectivity index (χ0v) is 18.8. The summed E-state index contributed by atoms with van der Waals surface area (Å²) in [5.41, 5.74) is 2.70. The lowest BCUT2D eigenvalue weighted by atomic mass is 10.1. The maximum absolute atomic E-state index is 12.9. The van der Waals surface area contributed by atoms with E-state index in [1.54, 1.807) is 54.3 Å². The third-order valence-corrected chi connectivity index (χ3v) is 5.38. The van der Waals surface area contributed by atoms with E-state index in [4.69, 9.17) is 14.2 Å². The van der Waals surface area contributed by atoms with Gasteiger partial charge in [-0.1, -0.05) is 29.8 Å². The minimum absolute atomic E-state index is 0.164. The van der Waals surface area contributed by atoms with Gasteiger partial charge in [-0.15, -0.1) is 0 Å². The minimum Gasteiger partial charge on any atom is -0.496 e. The number of carbonyl (C=O) groups excluding carboxylic acids is 2. The van der Waals surface area contributed by atoms with E-state index >= 15 is 0 Å². The lowest BCUT2D eigenvalue weighted by Gasteiger charge is -2.33. The Morgan fingerprint density at radius 3 is 2.61 bits per heavy atom. The second kappa shape index (κ2) is 9.65. The van der Waals surface area contributed by atoms with Crippen LogP contribution in [-0.4, -0.2) is 38.2 Å². The van der Waals surface area contributed by atoms with Crippen molar-refractivity contribution in [3.05, 3.63) is 77.9 Å². The molecule has 0 spiro atoms. The highest BCUT2D eigenvalue weighted by atomic mass is 16.5. The average Bonchev–Trinajstić information content (AvgIpc) is 2.83. The Morgan fingerprint density at radius 2 is 1.85 bits per heavy atom. The lowest BCUT2D eigenvalue weighted by molar-refractivity contribution is -0.125. The number of nitrogens with one attached hydrogen (secondary N) is 1. The maximum atomic E-state index is 12.9. The van der Waals surface area contributed by atoms with Crippen LogP contribution < -0.4 is 24.4 Å². The molecule has 7 nitrogen and oxygen atoms in total. The second-order valence-electron chi connectivity index (χ2n) is 7.75. The molecular formula is C26H26N2O5. The van der Waals surface area contributed by atoms with Crippen LogP contribution in [0.4, 0.5) is 11.4 Å². The zero-order chi connectivity index (χ0) is 23.4. The summed E-state index contributed by atoms with van der Waals surface area (Å²) in [6.45, 7) is 4.39. The molecule has 0 aliphatic carbocycles. The number of amides is 2. The number of nitrogens with zero attached hydrogens (tertiary/aromatic N) is 1. The summed E-state index contributed by atoms with van der Waals surface area (Å²) in [6, 6.07) is 20.0. The average molecular weight is 447 g/mol. The molecule has 1 aliphatic rings. The fraction of sp³-hybridized carbons (Fsp3) is 0.231. The molecule has 33 heavy (non-hydrogen) atoms. The first-order valence-electron chi connectivity index (χ1n) is 10.7. The molecule has 170 valence electrons. The molecule has 7 heteroatoms. The number of fused-ring (bicyclic) bond motifs is 1. The van der Waals surface area contributed by atoms with Crippen LogP contribution in [0.5, 0.6) is 17.2 Å². The Hall–Kier alpha value is -4.00. The van der Waals surface area contributed by atoms with Crippen molar-refractivity contribution >= 4 is 23.2 Å². The van der Waals surface area contributed by atoms with Crippen molar-refractivity contribution in [1.29, 1.82) is 0 Å². The first-order valence-corrected chi connectivity index (χ1v) is 10.7. The number of ether oxygens (including phenoxy) is 3. The molecule has 1 unspecified atom stereocenters. The number of benzene rings is 3. The minimum atomic E-state index is -0.606. The molecular weight excluding hydrogens is 420 g/mol. The third kappa shape index (κ3) is 4.92. The van der Waals surface area contributed by atoms with E-state index in [1.165, 1.54) is 7.11 Å². The quantitative estimate of drug-likeness (QED) is 0.580. The zero-order valence-electron chi connectivity index (χ0n) is 18.8. The third-order valence-electron chi connectivity index (χ3n) is 5.38. The van der Waals surface area contributed by atoms with Crippen LogP contribution in [0.25, 0.3) is 0 Å². The van der Waals surface area contributed by atoms with E-state index < -0.39 is 6.10 Å². The molecule has 1 N–H and O–H groups in total. The fourth-order valence-electron chi connectivity index (χ4n) is 3.64. The summed E-state index contributed by atoms with van der Waals surface area (Å²) >= 11 is 0. The Bertz CT molecular complexity index is 1160. The maximum Gasteiger partial charge on any atom is 0.267 e. The largest absolute Gasteiger partial charge is 0.496 e. The highest BCUT2D eigenvalue weighted by molar-refractivity contribution is 6.07. The Balaban J connectivity index is 1.52. The van der Waals surface area contributed by atoms with Gasteiger partial charge in [0, 0.05) is 5.69 Å². The van der Waals surface area contributed by atoms with Crippen molar-refractivity contribution in [2.75, 3.05) is 30.5 Å². The Labute approximate surface area is 192 Å². The standard InChI is InChI=1S/C26H26N2O5/c1-17-8-11-20(12-9-17)32-15-14-28-22-16-19(10-13-24(22)33-18(2)26(28)30)27-25(29)21-6-4-5-7-23(21)31-3/h4-13,16,18H,14-15H2,1-3H3,(H,27,29). The van der Waals surface area contributed by atoms with Crippen LogP contribution >= 0.6 is 0 Å². The van der Waals surface area contributed by atoms with Gasteiger partial charge in [0.05, 0.1) is 24.9 Å². The number of hydrogen-bond acceptors (Lipinski definition) is 5. The van der Waals surface area contributed by atoms with Crippen molar-refractivity contribution < 1.29 is 23.8 Å². The van der Waals surface area contributed by atoms with E-state index in [9.17, 15) is 9.59 Å². The Kier molecular flexibility index (Phi) is 6.49. The van der Waals surface area contributed by atoms with Gasteiger partial charge in [0.1, 0.15) is 23.9 Å². The van der Waals surface area contributed by atoms with Gasteiger partial charge < -0.3 is 24.4 Å². The van der Waals surface area contributed by atoms with Crippen molar-refractivity contribution in [2.45, 2.75) is 20.0 Å². The molecule has 3 aromatic rings. The van der Waals surface area contributed by atoms with Gasteiger partial charge >= 0.3 is 0 Å². The molecule has 0 fully saturated rings. The normalized spacial score (nSPS) is 14.8. The number of methoxy groups -OCH3 is 1. The van der Waals surface area contributed by atoms with Crippen molar-refractivity contribution in [2.24, 2.45) is 0 Å². The van der Waals surface area contributed by atoms with Crippen LogP contribution in [0.1, 0.15) is 22.8 Å². The smallest absolute Gasteiger partial charge is 0.267 e. The van der Waals surface area contributed by atoms with Crippen LogP contribution in [-0.2, 0) is 4.79 Å². The van der Waals surface area contributed by atoms with Gasteiger partial charge in [-0.2, -0.15) is 0 Å². The molecule has 0 aromatic heterocycles. The summed E-state index contributed by atoms with van der Waals surface area (Å²) in [6.07, 6.45) is -0.606. The molecule has 1 heterocycles. The summed E-state index contributed by atoms with van der Waals surface area (Å²) in [5, 5.41) is 2.87. The van der Waals surface area contributed by atoms with E-state index in [-0.39, 0.29) is 11.8 Å². The Morgan fingerprint density at radius 1 is 1.09 bits per heavy atom. The summed E-state index contributed by atoms with van der Waals surface area (Å²) in [5.74, 6) is 1.33. The van der Waals surface area contributed by atoms with E-state index in [1.807, 2.05) is 31.2 Å². The molecule has 1 aliphatic heterocycles. The molecule has 0 saturated heterocycles. The topological polar surface area (TPSA) is 77.1 Å². The first kappa shape index (κ1) is 22.2. The van der Waals surface area contributed by atoms with Gasteiger partial charge in [-0.25, -0.2) is 0 Å². The highest BCUT2D eigenvalue weighted by Crippen LogP contribution is 2.36. The van der Waals surface area contributed by atoms with Gasteiger partial charge in [-0.05, 0) is 56.3 Å². The van der Waals surface area contributed by atoms with Gasteiger partial charge in [-0.3, -0.25) is 9.59 Å². The first-order chi connectivity index (χ1) is 16.0. The number of para-hydroxylation sites is 1. The number of rotatable bonds is 7. The van der Waals surface area contributed by atoms with Crippen molar-refractivity contribution in [3.63, 3.8) is 0 Å². The number of hydrogen-bond donors (Lipinski definition) is 1. The number of anilines is 2. The fourth-order valence-corrected chi connectivity index (χ4v) is 3.64. The highest BCUT2D eigenvalue weighted by Gasteiger charge is 2.31. The summed E-state index contributed by atoms with van der Waals surface area (Å²) in [4.78, 5) is 27.3. The monoisotopic (exact) mass is 446 g/mol. The van der Waals surface area contributed by atoms with Gasteiger partial charge in [0.15, 0.2) is 6.10 Å². The van der Waals surface area contributed by atoms with Gasteiger partial charge in [0.25, 0.3) is 11.8 Å².